The van der Waals surface area contributed by atoms with E-state index in [0.717, 1.165) is 4.47 Å². The summed E-state index contributed by atoms with van der Waals surface area (Å²) >= 11 is 3.85. The molecular formula is C28H25BrS. The van der Waals surface area contributed by atoms with Gasteiger partial charge in [0.1, 0.15) is 0 Å². The van der Waals surface area contributed by atoms with Crippen LogP contribution in [0.4, 0.5) is 0 Å². The molecule has 1 atom stereocenters. The Bertz CT molecular complexity index is 1220. The van der Waals surface area contributed by atoms with Crippen molar-refractivity contribution in [2.24, 2.45) is 0 Å². The number of halogens is 1. The van der Waals surface area contributed by atoms with Crippen molar-refractivity contribution in [3.05, 3.63) is 124 Å². The smallest absolute Gasteiger partial charge is 0.0713 e. The third kappa shape index (κ3) is 2.81. The van der Waals surface area contributed by atoms with Crippen LogP contribution in [0.15, 0.2) is 106 Å². The van der Waals surface area contributed by atoms with Gasteiger partial charge in [-0.25, -0.2) is 10.0 Å². The Balaban J connectivity index is 1.90. The Labute approximate surface area is 189 Å². The van der Waals surface area contributed by atoms with Gasteiger partial charge in [-0.15, -0.1) is 0 Å². The minimum Gasteiger partial charge on any atom is -0.223 e. The van der Waals surface area contributed by atoms with Crippen molar-refractivity contribution in [2.75, 3.05) is 18.8 Å². The van der Waals surface area contributed by atoms with Gasteiger partial charge in [-0.1, -0.05) is 94.8 Å². The summed E-state index contributed by atoms with van der Waals surface area (Å²) in [5, 5.41) is 0. The molecule has 0 aromatic heterocycles. The highest BCUT2D eigenvalue weighted by Gasteiger charge is 2.46. The van der Waals surface area contributed by atoms with Gasteiger partial charge in [-0.2, -0.15) is 0 Å². The normalized spacial score (nSPS) is 18.0. The van der Waals surface area contributed by atoms with Crippen LogP contribution < -0.4 is 0 Å². The van der Waals surface area contributed by atoms with E-state index in [1.54, 1.807) is 0 Å². The van der Waals surface area contributed by atoms with E-state index in [9.17, 15) is 0 Å². The van der Waals surface area contributed by atoms with E-state index in [2.05, 4.69) is 132 Å². The van der Waals surface area contributed by atoms with Crippen LogP contribution in [0, 0.1) is 0 Å². The molecule has 5 rings (SSSR count). The zero-order chi connectivity index (χ0) is 20.9. The first-order valence-electron chi connectivity index (χ1n) is 10.2. The summed E-state index contributed by atoms with van der Waals surface area (Å²) in [6.45, 7) is 0. The molecule has 0 nitrogen and oxygen atoms in total. The van der Waals surface area contributed by atoms with Crippen molar-refractivity contribution in [3.8, 4) is 11.1 Å². The molecule has 0 heterocycles. The molecule has 4 aromatic rings. The largest absolute Gasteiger partial charge is 0.223 e. The van der Waals surface area contributed by atoms with E-state index in [4.69, 9.17) is 0 Å². The third-order valence-electron chi connectivity index (χ3n) is 6.22. The summed E-state index contributed by atoms with van der Waals surface area (Å²) in [7, 11) is -0.763. The Morgan fingerprint density at radius 2 is 1.20 bits per heavy atom. The number of rotatable bonds is 3. The maximum absolute atomic E-state index is 3.85. The first-order valence-corrected chi connectivity index (χ1v) is 13.8. The van der Waals surface area contributed by atoms with E-state index in [0.29, 0.717) is 0 Å². The van der Waals surface area contributed by atoms with Gasteiger partial charge >= 0.3 is 0 Å². The van der Waals surface area contributed by atoms with Gasteiger partial charge in [0.05, 0.1) is 5.41 Å². The summed E-state index contributed by atoms with van der Waals surface area (Å²) in [4.78, 5) is 1.44. The van der Waals surface area contributed by atoms with Gasteiger partial charge in [0.2, 0.25) is 0 Å². The molecule has 0 bridgehead atoms. The van der Waals surface area contributed by atoms with E-state index >= 15 is 0 Å². The molecule has 0 N–H and O–H groups in total. The lowest BCUT2D eigenvalue weighted by atomic mass is 9.68. The van der Waals surface area contributed by atoms with Crippen LogP contribution in [0.3, 0.4) is 0 Å². The fourth-order valence-electron chi connectivity index (χ4n) is 4.87. The van der Waals surface area contributed by atoms with Crippen molar-refractivity contribution < 1.29 is 0 Å². The van der Waals surface area contributed by atoms with Gasteiger partial charge in [-0.05, 0) is 69.7 Å². The van der Waals surface area contributed by atoms with Gasteiger partial charge < -0.3 is 0 Å². The lowest BCUT2D eigenvalue weighted by Gasteiger charge is -2.35. The third-order valence-corrected chi connectivity index (χ3v) is 8.57. The molecule has 0 amide bonds. The summed E-state index contributed by atoms with van der Waals surface area (Å²) in [6.07, 6.45) is 7.06. The fraction of sp³-hybridized carbons (Fsp3) is 0.143. The first-order chi connectivity index (χ1) is 14.4. The van der Waals surface area contributed by atoms with Crippen LogP contribution in [-0.2, 0) is 5.41 Å². The molecule has 2 heteroatoms. The van der Waals surface area contributed by atoms with Crippen molar-refractivity contribution in [1.82, 2.24) is 0 Å². The highest BCUT2D eigenvalue weighted by Crippen LogP contribution is 2.58. The number of hydrogen-bond acceptors (Lipinski definition) is 0. The van der Waals surface area contributed by atoms with Gasteiger partial charge in [0.15, 0.2) is 0 Å². The molecular weight excluding hydrogens is 448 g/mol. The topological polar surface area (TPSA) is 0 Å². The SMILES string of the molecule is CS(C)(C)c1ccc(C2(c3ccccc3)c3ccccc3-c3c(Br)cccc32)cc1. The molecule has 0 aliphatic heterocycles. The Morgan fingerprint density at radius 1 is 0.600 bits per heavy atom. The van der Waals surface area contributed by atoms with Crippen molar-refractivity contribution >= 4 is 26.0 Å². The standard InChI is InChI=1S/C28H25BrS/c1-30(2,3)22-18-16-21(17-19-22)28(20-10-5-4-6-11-20)24-13-8-7-12-23(24)27-25(28)14-9-15-26(27)29/h4-19H,1-3H3. The Kier molecular flexibility index (Phi) is 4.68. The molecule has 1 unspecified atom stereocenters. The van der Waals surface area contributed by atoms with E-state index in [-0.39, 0.29) is 5.41 Å². The molecule has 1 aliphatic rings. The molecule has 150 valence electrons. The average Bonchev–Trinajstić information content (AvgIpc) is 3.06. The predicted molar refractivity (Wildman–Crippen MR) is 135 cm³/mol. The van der Waals surface area contributed by atoms with Crippen LogP contribution in [0.2, 0.25) is 0 Å². The van der Waals surface area contributed by atoms with Crippen LogP contribution in [0.1, 0.15) is 22.3 Å². The molecule has 4 aromatic carbocycles. The molecule has 30 heavy (non-hydrogen) atoms. The summed E-state index contributed by atoms with van der Waals surface area (Å²) in [5.74, 6) is 0. The van der Waals surface area contributed by atoms with Crippen LogP contribution >= 0.6 is 26.0 Å². The van der Waals surface area contributed by atoms with Crippen molar-refractivity contribution in [1.29, 1.82) is 0 Å². The molecule has 0 radical (unpaired) electrons. The second-order valence-electron chi connectivity index (χ2n) is 8.69. The first kappa shape index (κ1) is 19.7. The second-order valence-corrected chi connectivity index (χ2v) is 13.7. The summed E-state index contributed by atoms with van der Waals surface area (Å²) in [5.41, 5.74) is 7.64. The fourth-order valence-corrected chi connectivity index (χ4v) is 6.41. The van der Waals surface area contributed by atoms with Gasteiger partial charge in [0, 0.05) is 10.0 Å². The Morgan fingerprint density at radius 3 is 1.90 bits per heavy atom. The summed E-state index contributed by atoms with van der Waals surface area (Å²) < 4.78 is 1.15. The monoisotopic (exact) mass is 472 g/mol. The van der Waals surface area contributed by atoms with Crippen LogP contribution in [0.5, 0.6) is 0 Å². The van der Waals surface area contributed by atoms with Gasteiger partial charge in [0.25, 0.3) is 0 Å². The minimum absolute atomic E-state index is 0.317. The van der Waals surface area contributed by atoms with E-state index in [1.165, 1.54) is 38.3 Å². The van der Waals surface area contributed by atoms with Crippen LogP contribution in [0.25, 0.3) is 11.1 Å². The molecule has 0 fully saturated rings. The average molecular weight is 473 g/mol. The number of hydrogen-bond donors (Lipinski definition) is 0. The highest BCUT2D eigenvalue weighted by molar-refractivity contribution is 9.10. The maximum Gasteiger partial charge on any atom is 0.0713 e. The van der Waals surface area contributed by atoms with Crippen molar-refractivity contribution in [2.45, 2.75) is 10.3 Å². The zero-order valence-corrected chi connectivity index (χ0v) is 19.9. The lowest BCUT2D eigenvalue weighted by Crippen LogP contribution is -2.28. The zero-order valence-electron chi connectivity index (χ0n) is 17.5. The molecule has 1 aliphatic carbocycles. The summed E-state index contributed by atoms with van der Waals surface area (Å²) in [6, 6.07) is 35.9. The molecule has 0 saturated heterocycles. The van der Waals surface area contributed by atoms with Crippen LogP contribution in [-0.4, -0.2) is 18.8 Å². The Hall–Kier alpha value is -2.29. The lowest BCUT2D eigenvalue weighted by molar-refractivity contribution is 0.767. The van der Waals surface area contributed by atoms with Gasteiger partial charge in [-0.3, -0.25) is 0 Å². The van der Waals surface area contributed by atoms with E-state index < -0.39 is 10.0 Å². The minimum atomic E-state index is -0.763. The number of benzene rings is 4. The number of fused-ring (bicyclic) bond motifs is 3. The highest BCUT2D eigenvalue weighted by atomic mass is 79.9. The quantitative estimate of drug-likeness (QED) is 0.250. The van der Waals surface area contributed by atoms with Crippen molar-refractivity contribution in [3.63, 3.8) is 0 Å². The second kappa shape index (κ2) is 7.14. The molecule has 0 spiro atoms. The van der Waals surface area contributed by atoms with E-state index in [1.807, 2.05) is 0 Å². The molecule has 0 saturated carbocycles. The predicted octanol–water partition coefficient (Wildman–Crippen LogP) is 7.87. The maximum atomic E-state index is 3.85.